The van der Waals surface area contributed by atoms with Crippen LogP contribution < -0.4 is 4.90 Å². The van der Waals surface area contributed by atoms with Crippen LogP contribution in [0, 0.1) is 0 Å². The number of hydrogen-bond donors (Lipinski definition) is 0. The molecular formula is C52H35NO. The molecular weight excluding hydrogens is 655 g/mol. The van der Waals surface area contributed by atoms with E-state index in [2.05, 4.69) is 0 Å². The number of benzene rings is 9. The highest BCUT2D eigenvalue weighted by Crippen LogP contribution is 2.46. The summed E-state index contributed by atoms with van der Waals surface area (Å²) in [5.74, 6) is 0. The molecule has 9 aromatic carbocycles. The van der Waals surface area contributed by atoms with Gasteiger partial charge in [0.25, 0.3) is 0 Å². The van der Waals surface area contributed by atoms with Crippen molar-refractivity contribution >= 4 is 49.8 Å². The summed E-state index contributed by atoms with van der Waals surface area (Å²) in [5, 5.41) is 2.94. The van der Waals surface area contributed by atoms with Gasteiger partial charge in [-0.3, -0.25) is 0 Å². The topological polar surface area (TPSA) is 16.4 Å². The third-order valence-electron chi connectivity index (χ3n) is 8.87. The van der Waals surface area contributed by atoms with Gasteiger partial charge in [-0.2, -0.15) is 0 Å². The van der Waals surface area contributed by atoms with E-state index in [4.69, 9.17) is 23.6 Å². The average Bonchev–Trinajstić information content (AvgIpc) is 3.87. The molecule has 0 N–H and O–H groups in total. The van der Waals surface area contributed by atoms with E-state index in [1.54, 1.807) is 30.3 Å². The summed E-state index contributed by atoms with van der Waals surface area (Å²) in [5.41, 5.74) is -3.83. The Hall–Kier alpha value is -7.16. The van der Waals surface area contributed by atoms with Crippen molar-refractivity contribution in [3.8, 4) is 44.5 Å². The molecule has 2 heteroatoms. The SMILES string of the molecule is [2H]c1c([2H])c([2H])c(-c2c([2H])c([2H])c(-c3c([2H])c([2H])c(N(c4ccccc4-c4cccc5oc6c7ccccc7ccc6c45)c4c([2H])c([2H])c(-c5c([2H])c([2H])c([2H])c([2H])c5[2H])c([2H])c4[2H])c([2H])c3[2H])c([2H])c2[2H])c([2H])c1[2H]. The van der Waals surface area contributed by atoms with Crippen molar-refractivity contribution in [2.24, 2.45) is 0 Å². The number of fused-ring (bicyclic) bond motifs is 5. The molecule has 54 heavy (non-hydrogen) atoms. The molecule has 10 rings (SSSR count). The third-order valence-corrected chi connectivity index (χ3v) is 8.87. The molecule has 0 aliphatic carbocycles. The second-order valence-corrected chi connectivity index (χ2v) is 12.0. The molecule has 0 bridgehead atoms. The van der Waals surface area contributed by atoms with E-state index in [9.17, 15) is 11.0 Å². The largest absolute Gasteiger partial charge is 0.455 e. The number of hydrogen-bond acceptors (Lipinski definition) is 2. The zero-order chi connectivity index (χ0) is 55.0. The molecule has 0 atom stereocenters. The van der Waals surface area contributed by atoms with Gasteiger partial charge in [0, 0.05) is 33.1 Å². The summed E-state index contributed by atoms with van der Waals surface area (Å²) in [4.78, 5) is 0.985. The van der Waals surface area contributed by atoms with E-state index in [1.807, 2.05) is 36.4 Å². The van der Waals surface area contributed by atoms with Gasteiger partial charge in [-0.15, -0.1) is 0 Å². The van der Waals surface area contributed by atoms with E-state index in [1.165, 1.54) is 12.1 Å². The van der Waals surface area contributed by atoms with Crippen LogP contribution in [0.4, 0.5) is 17.1 Å². The fraction of sp³-hybridized carbons (Fsp3) is 0. The van der Waals surface area contributed by atoms with Gasteiger partial charge in [0.05, 0.1) is 35.8 Å². The van der Waals surface area contributed by atoms with Crippen LogP contribution in [0.25, 0.3) is 77.2 Å². The minimum atomic E-state index is -0.962. The maximum Gasteiger partial charge on any atom is 0.143 e. The molecule has 0 aliphatic heterocycles. The van der Waals surface area contributed by atoms with Crippen molar-refractivity contribution in [1.82, 2.24) is 0 Å². The van der Waals surface area contributed by atoms with Crippen LogP contribution in [-0.2, 0) is 0 Å². The highest BCUT2D eigenvalue weighted by molar-refractivity contribution is 6.19. The van der Waals surface area contributed by atoms with E-state index in [-0.39, 0.29) is 11.3 Å². The standard InChI is InChI=1S/C52H35NO/c1-3-12-36(13-4-1)38-22-24-39(25-23-38)41-28-33-44(34-29-41)53(43-31-26-40(27-32-43)37-14-5-2-6-15-37)49-20-10-9-18-46(49)47-19-11-21-50-51(47)48-35-30-42-16-7-8-17-45(42)52(48)54-50/h1-35H/i1D,2D,3D,4D,5D,6D,12D,13D,14D,15D,22D,23D,24D,25D,26D,27D,28D,29D,31D,32D,33D,34D. The number of anilines is 3. The van der Waals surface area contributed by atoms with Crippen LogP contribution >= 0.6 is 0 Å². The van der Waals surface area contributed by atoms with Gasteiger partial charge >= 0.3 is 0 Å². The predicted molar refractivity (Wildman–Crippen MR) is 228 cm³/mol. The third kappa shape index (κ3) is 5.62. The Morgan fingerprint density at radius 1 is 0.389 bits per heavy atom. The number of para-hydroxylation sites is 1. The van der Waals surface area contributed by atoms with Crippen LogP contribution in [0.3, 0.4) is 0 Å². The predicted octanol–water partition coefficient (Wildman–Crippen LogP) is 14.9. The molecule has 0 saturated carbocycles. The zero-order valence-corrected chi connectivity index (χ0v) is 27.9. The van der Waals surface area contributed by atoms with Crippen molar-refractivity contribution in [2.75, 3.05) is 4.90 Å². The molecule has 0 amide bonds. The minimum Gasteiger partial charge on any atom is -0.455 e. The lowest BCUT2D eigenvalue weighted by Gasteiger charge is -2.28. The Balaban J connectivity index is 1.29. The fourth-order valence-electron chi connectivity index (χ4n) is 6.43. The highest BCUT2D eigenvalue weighted by Gasteiger charge is 2.21. The zero-order valence-electron chi connectivity index (χ0n) is 49.9. The monoisotopic (exact) mass is 711 g/mol. The molecule has 0 unspecified atom stereocenters. The minimum absolute atomic E-state index is 0.0396. The Bertz CT molecular complexity index is 4080. The molecule has 1 heterocycles. The quantitative estimate of drug-likeness (QED) is 0.164. The van der Waals surface area contributed by atoms with Gasteiger partial charge in [-0.05, 0) is 86.7 Å². The molecule has 1 aromatic heterocycles. The smallest absolute Gasteiger partial charge is 0.143 e. The summed E-state index contributed by atoms with van der Waals surface area (Å²) in [6.45, 7) is 0. The Morgan fingerprint density at radius 3 is 1.50 bits per heavy atom. The van der Waals surface area contributed by atoms with Crippen molar-refractivity contribution in [3.05, 3.63) is 212 Å². The Labute approximate surface area is 345 Å². The van der Waals surface area contributed by atoms with Gasteiger partial charge in [0.1, 0.15) is 11.2 Å². The first-order valence-corrected chi connectivity index (χ1v) is 16.6. The van der Waals surface area contributed by atoms with E-state index >= 15 is 0 Å². The molecule has 0 saturated heterocycles. The molecule has 10 aromatic rings. The van der Waals surface area contributed by atoms with Crippen molar-refractivity contribution in [3.63, 3.8) is 0 Å². The van der Waals surface area contributed by atoms with Gasteiger partial charge in [-0.1, -0.05) is 169 Å². The maximum atomic E-state index is 9.72. The Morgan fingerprint density at radius 2 is 0.889 bits per heavy atom. The van der Waals surface area contributed by atoms with E-state index < -0.39 is 178 Å². The molecule has 0 fully saturated rings. The summed E-state index contributed by atoms with van der Waals surface area (Å²) >= 11 is 0. The lowest BCUT2D eigenvalue weighted by atomic mass is 9.96. The lowest BCUT2D eigenvalue weighted by molar-refractivity contribution is 0.673. The van der Waals surface area contributed by atoms with Gasteiger partial charge in [-0.25, -0.2) is 0 Å². The van der Waals surface area contributed by atoms with Crippen LogP contribution in [0.2, 0.25) is 0 Å². The van der Waals surface area contributed by atoms with Gasteiger partial charge < -0.3 is 9.32 Å². The van der Waals surface area contributed by atoms with Crippen LogP contribution in [0.15, 0.2) is 216 Å². The molecule has 0 aliphatic rings. The number of rotatable bonds is 7. The second-order valence-electron chi connectivity index (χ2n) is 12.0. The van der Waals surface area contributed by atoms with Gasteiger partial charge in [0.2, 0.25) is 0 Å². The van der Waals surface area contributed by atoms with E-state index in [0.717, 1.165) is 15.7 Å². The van der Waals surface area contributed by atoms with Crippen molar-refractivity contribution in [1.29, 1.82) is 0 Å². The summed E-state index contributed by atoms with van der Waals surface area (Å²) in [6, 6.07) is 3.61. The van der Waals surface area contributed by atoms with Crippen LogP contribution in [-0.4, -0.2) is 0 Å². The van der Waals surface area contributed by atoms with Crippen molar-refractivity contribution < 1.29 is 34.6 Å². The average molecular weight is 712 g/mol. The summed E-state index contributed by atoms with van der Waals surface area (Å²) in [7, 11) is 0. The first-order chi connectivity index (χ1) is 36.0. The first kappa shape index (κ1) is 16.2. The second kappa shape index (κ2) is 13.4. The van der Waals surface area contributed by atoms with Gasteiger partial charge in [0.15, 0.2) is 0 Å². The van der Waals surface area contributed by atoms with Crippen LogP contribution in [0.1, 0.15) is 30.2 Å². The molecule has 0 radical (unpaired) electrons. The summed E-state index contributed by atoms with van der Waals surface area (Å²) in [6.07, 6.45) is 0. The Kier molecular flexibility index (Phi) is 4.04. The molecule has 0 spiro atoms. The fourth-order valence-corrected chi connectivity index (χ4v) is 6.43. The van der Waals surface area contributed by atoms with E-state index in [0.29, 0.717) is 27.5 Å². The van der Waals surface area contributed by atoms with Crippen molar-refractivity contribution in [2.45, 2.75) is 0 Å². The van der Waals surface area contributed by atoms with Crippen LogP contribution in [0.5, 0.6) is 0 Å². The maximum absolute atomic E-state index is 9.72. The normalized spacial score (nSPS) is 17.0. The number of furan rings is 1. The first-order valence-electron chi connectivity index (χ1n) is 27.6. The molecule has 254 valence electrons. The lowest BCUT2D eigenvalue weighted by Crippen LogP contribution is -2.11. The molecule has 2 nitrogen and oxygen atoms in total. The number of nitrogens with zero attached hydrogens (tertiary/aromatic N) is 1. The highest BCUT2D eigenvalue weighted by atomic mass is 16.3. The summed E-state index contributed by atoms with van der Waals surface area (Å²) < 4.78 is 203.